The lowest BCUT2D eigenvalue weighted by atomic mass is 9.92. The predicted molar refractivity (Wildman–Crippen MR) is 82.6 cm³/mol. The molecule has 0 saturated heterocycles. The Morgan fingerprint density at radius 2 is 2.30 bits per heavy atom. The van der Waals surface area contributed by atoms with Crippen LogP contribution in [0.3, 0.4) is 0 Å². The van der Waals surface area contributed by atoms with Gasteiger partial charge >= 0.3 is 0 Å². The first-order chi connectivity index (χ1) is 9.63. The quantitative estimate of drug-likeness (QED) is 0.927. The van der Waals surface area contributed by atoms with Gasteiger partial charge in [-0.15, -0.1) is 11.3 Å². The molecule has 1 saturated carbocycles. The van der Waals surface area contributed by atoms with E-state index >= 15 is 0 Å². The van der Waals surface area contributed by atoms with Gasteiger partial charge in [-0.3, -0.25) is 4.79 Å². The van der Waals surface area contributed by atoms with E-state index in [1.807, 2.05) is 11.3 Å². The van der Waals surface area contributed by atoms with Crippen LogP contribution in [0.2, 0.25) is 0 Å². The van der Waals surface area contributed by atoms with Crippen LogP contribution in [0.4, 0.5) is 0 Å². The van der Waals surface area contributed by atoms with Crippen molar-refractivity contribution >= 4 is 17.2 Å². The van der Waals surface area contributed by atoms with Gasteiger partial charge < -0.3 is 10.6 Å². The van der Waals surface area contributed by atoms with E-state index in [1.54, 1.807) is 0 Å². The zero-order valence-corrected chi connectivity index (χ0v) is 13.2. The largest absolute Gasteiger partial charge is 0.334 e. The fourth-order valence-corrected chi connectivity index (χ4v) is 4.12. The lowest BCUT2D eigenvalue weighted by molar-refractivity contribution is -0.137. The standard InChI is InChI=1S/C16H24N2OS/c1-3-10(2)14(17)16(19)18-8-6-13-12(7-9-20-13)15(18)11-4-5-11/h7,9-11,14-15H,3-6,8,17H2,1-2H3. The first-order valence-electron chi connectivity index (χ1n) is 7.75. The van der Waals surface area contributed by atoms with Crippen LogP contribution >= 0.6 is 11.3 Å². The zero-order valence-electron chi connectivity index (χ0n) is 12.3. The Kier molecular flexibility index (Phi) is 3.87. The van der Waals surface area contributed by atoms with E-state index in [1.165, 1.54) is 23.3 Å². The molecule has 3 nitrogen and oxygen atoms in total. The summed E-state index contributed by atoms with van der Waals surface area (Å²) in [6.45, 7) is 5.02. The molecule has 4 heteroatoms. The van der Waals surface area contributed by atoms with Crippen molar-refractivity contribution in [3.8, 4) is 0 Å². The summed E-state index contributed by atoms with van der Waals surface area (Å²) >= 11 is 1.84. The maximum absolute atomic E-state index is 12.8. The van der Waals surface area contributed by atoms with Crippen molar-refractivity contribution in [3.05, 3.63) is 21.9 Å². The van der Waals surface area contributed by atoms with Gasteiger partial charge in [0, 0.05) is 11.4 Å². The van der Waals surface area contributed by atoms with Crippen molar-refractivity contribution in [1.29, 1.82) is 0 Å². The molecule has 20 heavy (non-hydrogen) atoms. The Bertz CT molecular complexity index is 494. The van der Waals surface area contributed by atoms with Gasteiger partial charge in [0.15, 0.2) is 0 Å². The summed E-state index contributed by atoms with van der Waals surface area (Å²) < 4.78 is 0. The minimum Gasteiger partial charge on any atom is -0.334 e. The lowest BCUT2D eigenvalue weighted by Gasteiger charge is -2.38. The number of nitrogens with zero attached hydrogens (tertiary/aromatic N) is 1. The molecule has 1 amide bonds. The highest BCUT2D eigenvalue weighted by molar-refractivity contribution is 7.10. The summed E-state index contributed by atoms with van der Waals surface area (Å²) in [6.07, 6.45) is 4.46. The molecule has 0 bridgehead atoms. The van der Waals surface area contributed by atoms with Crippen LogP contribution in [0.15, 0.2) is 11.4 Å². The van der Waals surface area contributed by atoms with Crippen LogP contribution in [0, 0.1) is 11.8 Å². The molecule has 2 N–H and O–H groups in total. The van der Waals surface area contributed by atoms with E-state index in [0.717, 1.165) is 19.4 Å². The first kappa shape index (κ1) is 14.1. The molecule has 1 fully saturated rings. The van der Waals surface area contributed by atoms with Crippen LogP contribution in [-0.2, 0) is 11.2 Å². The third kappa shape index (κ3) is 2.40. The number of rotatable bonds is 4. The zero-order chi connectivity index (χ0) is 14.3. The monoisotopic (exact) mass is 292 g/mol. The molecular formula is C16H24N2OS. The summed E-state index contributed by atoms with van der Waals surface area (Å²) in [5.41, 5.74) is 7.59. The molecular weight excluding hydrogens is 268 g/mol. The average Bonchev–Trinajstić information content (AvgIpc) is 3.20. The van der Waals surface area contributed by atoms with Gasteiger partial charge in [-0.25, -0.2) is 0 Å². The molecule has 1 aliphatic carbocycles. The van der Waals surface area contributed by atoms with Gasteiger partial charge in [-0.2, -0.15) is 0 Å². The van der Waals surface area contributed by atoms with Crippen LogP contribution in [0.1, 0.15) is 49.6 Å². The maximum Gasteiger partial charge on any atom is 0.240 e. The van der Waals surface area contributed by atoms with Gasteiger partial charge in [0.25, 0.3) is 0 Å². The molecule has 0 radical (unpaired) electrons. The molecule has 0 spiro atoms. The Balaban J connectivity index is 1.84. The minimum atomic E-state index is -0.346. The fourth-order valence-electron chi connectivity index (χ4n) is 3.20. The van der Waals surface area contributed by atoms with E-state index in [0.29, 0.717) is 12.0 Å². The number of carbonyl (C=O) groups excluding carboxylic acids is 1. The van der Waals surface area contributed by atoms with Crippen molar-refractivity contribution in [1.82, 2.24) is 4.90 Å². The lowest BCUT2D eigenvalue weighted by Crippen LogP contribution is -2.50. The molecule has 1 aliphatic heterocycles. The van der Waals surface area contributed by atoms with Crippen molar-refractivity contribution < 1.29 is 4.79 Å². The van der Waals surface area contributed by atoms with Crippen LogP contribution in [0.25, 0.3) is 0 Å². The van der Waals surface area contributed by atoms with E-state index in [2.05, 4.69) is 30.2 Å². The van der Waals surface area contributed by atoms with Crippen LogP contribution in [-0.4, -0.2) is 23.4 Å². The average molecular weight is 292 g/mol. The van der Waals surface area contributed by atoms with E-state index in [9.17, 15) is 4.79 Å². The van der Waals surface area contributed by atoms with E-state index < -0.39 is 0 Å². The molecule has 2 heterocycles. The number of thiophene rings is 1. The van der Waals surface area contributed by atoms with Gasteiger partial charge in [0.1, 0.15) is 0 Å². The minimum absolute atomic E-state index is 0.160. The highest BCUT2D eigenvalue weighted by Crippen LogP contribution is 2.48. The molecule has 110 valence electrons. The molecule has 3 rings (SSSR count). The number of nitrogens with two attached hydrogens (primary N) is 1. The number of fused-ring (bicyclic) bond motifs is 1. The summed E-state index contributed by atoms with van der Waals surface area (Å²) in [5, 5.41) is 2.17. The van der Waals surface area contributed by atoms with Crippen molar-refractivity contribution in [2.45, 2.75) is 51.6 Å². The first-order valence-corrected chi connectivity index (χ1v) is 8.63. The maximum atomic E-state index is 12.8. The summed E-state index contributed by atoms with van der Waals surface area (Å²) in [5.74, 6) is 1.08. The van der Waals surface area contributed by atoms with Crippen molar-refractivity contribution in [3.63, 3.8) is 0 Å². The molecule has 1 aromatic rings. The van der Waals surface area contributed by atoms with Crippen LogP contribution < -0.4 is 5.73 Å². The van der Waals surface area contributed by atoms with Crippen LogP contribution in [0.5, 0.6) is 0 Å². The smallest absolute Gasteiger partial charge is 0.240 e. The molecule has 2 aliphatic rings. The number of hydrogen-bond acceptors (Lipinski definition) is 3. The highest BCUT2D eigenvalue weighted by Gasteiger charge is 2.43. The SMILES string of the molecule is CCC(C)C(N)C(=O)N1CCc2sccc2C1C1CC1. The van der Waals surface area contributed by atoms with E-state index in [4.69, 9.17) is 5.73 Å². The Hall–Kier alpha value is -0.870. The molecule has 0 aromatic carbocycles. The van der Waals surface area contributed by atoms with Gasteiger partial charge in [0.2, 0.25) is 5.91 Å². The number of carbonyl (C=O) groups is 1. The second-order valence-corrected chi connectivity index (χ2v) is 7.28. The number of hydrogen-bond donors (Lipinski definition) is 1. The van der Waals surface area contributed by atoms with Gasteiger partial charge in [-0.05, 0) is 48.1 Å². The van der Waals surface area contributed by atoms with Crippen molar-refractivity contribution in [2.24, 2.45) is 17.6 Å². The Morgan fingerprint density at radius 1 is 1.55 bits per heavy atom. The third-order valence-electron chi connectivity index (χ3n) is 4.91. The van der Waals surface area contributed by atoms with Crippen molar-refractivity contribution in [2.75, 3.05) is 6.54 Å². The van der Waals surface area contributed by atoms with E-state index in [-0.39, 0.29) is 17.9 Å². The topological polar surface area (TPSA) is 46.3 Å². The van der Waals surface area contributed by atoms with Gasteiger partial charge in [0.05, 0.1) is 12.1 Å². The molecule has 3 atom stereocenters. The predicted octanol–water partition coefficient (Wildman–Crippen LogP) is 2.96. The highest BCUT2D eigenvalue weighted by atomic mass is 32.1. The Labute approximate surface area is 125 Å². The van der Waals surface area contributed by atoms with Gasteiger partial charge in [-0.1, -0.05) is 20.3 Å². The normalized spacial score (nSPS) is 25.1. The second kappa shape index (κ2) is 5.49. The Morgan fingerprint density at radius 3 is 2.95 bits per heavy atom. The molecule has 3 unspecified atom stereocenters. The number of amides is 1. The second-order valence-electron chi connectivity index (χ2n) is 6.27. The molecule has 1 aromatic heterocycles. The summed E-state index contributed by atoms with van der Waals surface area (Å²) in [7, 11) is 0. The summed E-state index contributed by atoms with van der Waals surface area (Å²) in [4.78, 5) is 16.3. The third-order valence-corrected chi connectivity index (χ3v) is 5.90. The summed E-state index contributed by atoms with van der Waals surface area (Å²) in [6, 6.07) is 2.17. The fraction of sp³-hybridized carbons (Fsp3) is 0.688.